The van der Waals surface area contributed by atoms with Gasteiger partial charge in [-0.15, -0.1) is 11.8 Å². The quantitative estimate of drug-likeness (QED) is 0.183. The molecule has 36 heavy (non-hydrogen) atoms. The number of hydrogen-bond donors (Lipinski definition) is 2. The molecule has 3 rings (SSSR count). The molecular weight excluding hydrogens is 560 g/mol. The second-order valence-electron chi connectivity index (χ2n) is 6.94. The molecule has 3 aromatic carbocycles. The fraction of sp³-hybridized carbons (Fsp3) is 0.0909. The summed E-state index contributed by atoms with van der Waals surface area (Å²) in [5.74, 6) is -12.3. The molecule has 0 aliphatic rings. The summed E-state index contributed by atoms with van der Waals surface area (Å²) in [6.45, 7) is 0. The number of halogens is 9. The van der Waals surface area contributed by atoms with Crippen molar-refractivity contribution < 1.29 is 40.3 Å². The molecule has 0 atom stereocenters. The number of hydrogen-bond acceptors (Lipinski definition) is 3. The average Bonchev–Trinajstić information content (AvgIpc) is 2.79. The molecule has 0 radical (unpaired) electrons. The van der Waals surface area contributed by atoms with E-state index in [4.69, 9.17) is 23.2 Å². The van der Waals surface area contributed by atoms with Crippen LogP contribution >= 0.6 is 35.0 Å². The highest BCUT2D eigenvalue weighted by Gasteiger charge is 2.42. The van der Waals surface area contributed by atoms with Crippen molar-refractivity contribution in [2.45, 2.75) is 11.1 Å². The van der Waals surface area contributed by atoms with Crippen molar-refractivity contribution in [1.82, 2.24) is 0 Å². The number of anilines is 2. The van der Waals surface area contributed by atoms with Crippen LogP contribution in [0.5, 0.6) is 0 Å². The molecule has 0 saturated carbocycles. The van der Waals surface area contributed by atoms with E-state index >= 15 is 0 Å². The van der Waals surface area contributed by atoms with E-state index in [0.717, 1.165) is 11.8 Å². The molecular formula is C22H11Cl2F7N2O2S. The van der Waals surface area contributed by atoms with Crippen molar-refractivity contribution in [3.8, 4) is 0 Å². The van der Waals surface area contributed by atoms with Gasteiger partial charge in [0.1, 0.15) is 11.3 Å². The van der Waals surface area contributed by atoms with Gasteiger partial charge in [0.2, 0.25) is 5.91 Å². The number of rotatable bonds is 6. The van der Waals surface area contributed by atoms with E-state index in [1.54, 1.807) is 0 Å². The first-order valence-corrected chi connectivity index (χ1v) is 11.3. The van der Waals surface area contributed by atoms with Crippen molar-refractivity contribution in [3.05, 3.63) is 86.9 Å². The summed E-state index contributed by atoms with van der Waals surface area (Å²) >= 11 is 12.6. The van der Waals surface area contributed by atoms with E-state index in [-0.39, 0.29) is 10.6 Å². The number of carbonyl (C=O) groups excluding carboxylic acids is 2. The zero-order valence-electron chi connectivity index (χ0n) is 17.4. The molecule has 0 heterocycles. The smallest absolute Gasteiger partial charge is 0.322 e. The van der Waals surface area contributed by atoms with Gasteiger partial charge in [0.05, 0.1) is 16.3 Å². The molecule has 190 valence electrons. The highest BCUT2D eigenvalue weighted by atomic mass is 35.5. The van der Waals surface area contributed by atoms with Crippen LogP contribution in [0.25, 0.3) is 0 Å². The minimum Gasteiger partial charge on any atom is -0.322 e. The van der Waals surface area contributed by atoms with Crippen LogP contribution in [0.4, 0.5) is 42.1 Å². The molecule has 0 aromatic heterocycles. The van der Waals surface area contributed by atoms with E-state index < -0.39 is 58.3 Å². The fourth-order valence-electron chi connectivity index (χ4n) is 2.82. The maximum atomic E-state index is 13.9. The number of amides is 2. The molecule has 0 aliphatic carbocycles. The zero-order chi connectivity index (χ0) is 26.8. The Kier molecular flexibility index (Phi) is 8.42. The van der Waals surface area contributed by atoms with Gasteiger partial charge in [-0.3, -0.25) is 9.59 Å². The van der Waals surface area contributed by atoms with Crippen molar-refractivity contribution in [2.75, 3.05) is 16.4 Å². The lowest BCUT2D eigenvalue weighted by atomic mass is 10.1. The summed E-state index contributed by atoms with van der Waals surface area (Å²) in [6.07, 6.45) is -5.69. The summed E-state index contributed by atoms with van der Waals surface area (Å²) in [5.41, 5.74) is -3.88. The van der Waals surface area contributed by atoms with Crippen LogP contribution in [0.2, 0.25) is 10.0 Å². The van der Waals surface area contributed by atoms with Crippen LogP contribution < -0.4 is 10.6 Å². The third-order valence-electron chi connectivity index (χ3n) is 4.47. The lowest BCUT2D eigenvalue weighted by molar-refractivity contribution is -0.143. The van der Waals surface area contributed by atoms with Gasteiger partial charge >= 0.3 is 6.18 Å². The lowest BCUT2D eigenvalue weighted by Crippen LogP contribution is -2.21. The number of nitrogens with one attached hydrogen (secondary N) is 2. The maximum Gasteiger partial charge on any atom is 0.422 e. The lowest BCUT2D eigenvalue weighted by Gasteiger charge is -2.14. The SMILES string of the molecule is O=C(CSc1ccc(NC(=O)c2ccc(Cl)cc2Cl)cc1)Nc1c(F)c(F)c(C(F)(F)F)c(F)c1F. The third-order valence-corrected chi connectivity index (χ3v) is 6.03. The van der Waals surface area contributed by atoms with Gasteiger partial charge in [-0.25, -0.2) is 17.6 Å². The predicted molar refractivity (Wildman–Crippen MR) is 121 cm³/mol. The van der Waals surface area contributed by atoms with E-state index in [9.17, 15) is 40.3 Å². The maximum absolute atomic E-state index is 13.9. The molecule has 0 bridgehead atoms. The van der Waals surface area contributed by atoms with Crippen LogP contribution in [0.3, 0.4) is 0 Å². The normalized spacial score (nSPS) is 11.4. The molecule has 0 unspecified atom stereocenters. The summed E-state index contributed by atoms with van der Waals surface area (Å²) in [7, 11) is 0. The molecule has 0 saturated heterocycles. The number of benzene rings is 3. The Morgan fingerprint density at radius 1 is 0.833 bits per heavy atom. The second kappa shape index (κ2) is 11.0. The highest BCUT2D eigenvalue weighted by molar-refractivity contribution is 8.00. The largest absolute Gasteiger partial charge is 0.422 e. The standard InChI is InChI=1S/C22H11Cl2F7N2O2S/c23-9-1-6-12(13(24)7-9)21(35)32-10-2-4-11(5-3-10)36-8-14(34)33-20-18(27)16(25)15(22(29,30)31)17(26)19(20)28/h1-7H,8H2,(H,32,35)(H,33,34). The summed E-state index contributed by atoms with van der Waals surface area (Å²) in [5, 5.41) is 4.62. The zero-order valence-corrected chi connectivity index (χ0v) is 19.7. The minimum atomic E-state index is -5.69. The van der Waals surface area contributed by atoms with E-state index in [1.807, 2.05) is 0 Å². The second-order valence-corrected chi connectivity index (χ2v) is 8.84. The van der Waals surface area contributed by atoms with Crippen LogP contribution in [-0.4, -0.2) is 17.6 Å². The Labute approximate surface area is 212 Å². The first kappa shape index (κ1) is 27.6. The van der Waals surface area contributed by atoms with E-state index in [2.05, 4.69) is 5.32 Å². The van der Waals surface area contributed by atoms with Crippen LogP contribution in [0.1, 0.15) is 15.9 Å². The van der Waals surface area contributed by atoms with Crippen LogP contribution in [0, 0.1) is 23.3 Å². The molecule has 0 fully saturated rings. The Hall–Kier alpha value is -2.96. The molecule has 0 aliphatic heterocycles. The summed E-state index contributed by atoms with van der Waals surface area (Å²) < 4.78 is 93.1. The van der Waals surface area contributed by atoms with E-state index in [0.29, 0.717) is 15.6 Å². The summed E-state index contributed by atoms with van der Waals surface area (Å²) in [6, 6.07) is 10.2. The van der Waals surface area contributed by atoms with Crippen molar-refractivity contribution in [1.29, 1.82) is 0 Å². The first-order valence-electron chi connectivity index (χ1n) is 9.51. The van der Waals surface area contributed by atoms with E-state index in [1.165, 1.54) is 47.8 Å². The van der Waals surface area contributed by atoms with Gasteiger partial charge in [0.15, 0.2) is 23.3 Å². The molecule has 3 aromatic rings. The Morgan fingerprint density at radius 3 is 1.94 bits per heavy atom. The van der Waals surface area contributed by atoms with Gasteiger partial charge in [-0.05, 0) is 42.5 Å². The van der Waals surface area contributed by atoms with Gasteiger partial charge in [-0.2, -0.15) is 13.2 Å². The van der Waals surface area contributed by atoms with Gasteiger partial charge < -0.3 is 10.6 Å². The Morgan fingerprint density at radius 2 is 1.42 bits per heavy atom. The molecule has 2 N–H and O–H groups in total. The van der Waals surface area contributed by atoms with Crippen molar-refractivity contribution in [3.63, 3.8) is 0 Å². The van der Waals surface area contributed by atoms with Gasteiger partial charge in [0.25, 0.3) is 5.91 Å². The Bertz CT molecular complexity index is 1310. The van der Waals surface area contributed by atoms with Crippen LogP contribution in [0.15, 0.2) is 47.4 Å². The third kappa shape index (κ3) is 6.23. The van der Waals surface area contributed by atoms with Crippen molar-refractivity contribution >= 4 is 58.2 Å². The van der Waals surface area contributed by atoms with Gasteiger partial charge in [-0.1, -0.05) is 23.2 Å². The fourth-order valence-corrected chi connectivity index (χ4v) is 4.01. The molecule has 4 nitrogen and oxygen atoms in total. The predicted octanol–water partition coefficient (Wildman–Crippen LogP) is 7.55. The molecule has 14 heteroatoms. The number of thioether (sulfide) groups is 1. The first-order chi connectivity index (χ1) is 16.8. The highest BCUT2D eigenvalue weighted by Crippen LogP contribution is 2.38. The summed E-state index contributed by atoms with van der Waals surface area (Å²) in [4.78, 5) is 24.8. The molecule has 0 spiro atoms. The van der Waals surface area contributed by atoms with Crippen LogP contribution in [-0.2, 0) is 11.0 Å². The average molecular weight is 571 g/mol. The molecule has 2 amide bonds. The number of carbonyl (C=O) groups is 2. The topological polar surface area (TPSA) is 58.2 Å². The monoisotopic (exact) mass is 570 g/mol. The van der Waals surface area contributed by atoms with Crippen molar-refractivity contribution in [2.24, 2.45) is 0 Å². The van der Waals surface area contributed by atoms with Gasteiger partial charge in [0, 0.05) is 15.6 Å². The minimum absolute atomic E-state index is 0.138. The number of alkyl halides is 3. The Balaban J connectivity index is 1.63.